The van der Waals surface area contributed by atoms with Crippen molar-refractivity contribution in [1.29, 1.82) is 0 Å². The minimum absolute atomic E-state index is 0.0686. The van der Waals surface area contributed by atoms with E-state index in [1.54, 1.807) is 6.07 Å². The summed E-state index contributed by atoms with van der Waals surface area (Å²) < 4.78 is 0. The normalized spacial score (nSPS) is 11.2. The Morgan fingerprint density at radius 2 is 1.61 bits per heavy atom. The van der Waals surface area contributed by atoms with E-state index in [0.29, 0.717) is 17.7 Å². The number of carbonyl (C=O) groups is 4. The smallest absolute Gasteiger partial charge is 0.243 e. The molecule has 4 amide bonds. The molecular formula is C23H27BrN4O5. The van der Waals surface area contributed by atoms with Crippen LogP contribution in [-0.4, -0.2) is 53.2 Å². The average Bonchev–Trinajstić information content (AvgIpc) is 2.82. The van der Waals surface area contributed by atoms with Gasteiger partial charge in [-0.15, -0.1) is 0 Å². The van der Waals surface area contributed by atoms with Crippen LogP contribution in [0.25, 0.3) is 0 Å². The Morgan fingerprint density at radius 3 is 2.27 bits per heavy atom. The number of halogens is 1. The highest BCUT2D eigenvalue weighted by atomic mass is 79.9. The Morgan fingerprint density at radius 1 is 0.909 bits per heavy atom. The van der Waals surface area contributed by atoms with Crippen molar-refractivity contribution in [1.82, 2.24) is 16.0 Å². The van der Waals surface area contributed by atoms with Crippen LogP contribution in [-0.2, 0) is 32.2 Å². The van der Waals surface area contributed by atoms with Crippen molar-refractivity contribution >= 4 is 45.2 Å². The number of aliphatic hydroxyl groups is 1. The second-order valence-electron chi connectivity index (χ2n) is 7.28. The van der Waals surface area contributed by atoms with Crippen molar-refractivity contribution in [2.75, 3.05) is 23.7 Å². The van der Waals surface area contributed by atoms with Crippen LogP contribution in [0.1, 0.15) is 23.6 Å². The molecule has 0 aliphatic rings. The monoisotopic (exact) mass is 518 g/mol. The Balaban J connectivity index is 1.83. The molecule has 5 N–H and O–H groups in total. The van der Waals surface area contributed by atoms with Crippen molar-refractivity contribution in [2.24, 2.45) is 0 Å². The van der Waals surface area contributed by atoms with Gasteiger partial charge < -0.3 is 26.4 Å². The van der Waals surface area contributed by atoms with Gasteiger partial charge in [-0.1, -0.05) is 58.4 Å². The van der Waals surface area contributed by atoms with E-state index in [2.05, 4.69) is 37.2 Å². The first-order chi connectivity index (χ1) is 15.8. The van der Waals surface area contributed by atoms with E-state index < -0.39 is 23.8 Å². The molecule has 0 aliphatic heterocycles. The number of aliphatic hydroxyl groups excluding tert-OH is 1. The molecule has 0 saturated carbocycles. The summed E-state index contributed by atoms with van der Waals surface area (Å²) in [5.41, 5.74) is 3.15. The van der Waals surface area contributed by atoms with E-state index in [1.807, 2.05) is 42.5 Å². The van der Waals surface area contributed by atoms with Gasteiger partial charge in [0.1, 0.15) is 6.04 Å². The molecule has 176 valence electrons. The van der Waals surface area contributed by atoms with E-state index in [0.717, 1.165) is 11.1 Å². The lowest BCUT2D eigenvalue weighted by Crippen LogP contribution is -2.49. The molecule has 0 fully saturated rings. The summed E-state index contributed by atoms with van der Waals surface area (Å²) in [7, 11) is 0. The van der Waals surface area contributed by atoms with Crippen LogP contribution in [0, 0.1) is 0 Å². The van der Waals surface area contributed by atoms with E-state index in [-0.39, 0.29) is 30.9 Å². The molecule has 10 heteroatoms. The molecular weight excluding hydrogens is 492 g/mol. The first-order valence-corrected chi connectivity index (χ1v) is 11.4. The minimum atomic E-state index is -0.892. The number of nitrogens with one attached hydrogen (secondary N) is 4. The topological polar surface area (TPSA) is 137 Å². The lowest BCUT2D eigenvalue weighted by Gasteiger charge is -2.15. The van der Waals surface area contributed by atoms with E-state index in [4.69, 9.17) is 0 Å². The minimum Gasteiger partial charge on any atom is -0.392 e. The SMILES string of the molecule is CC(NC(=O)CNC(=O)CBr)C(=O)NCC(=O)Nc1ccc(Cc2ccccc2)cc1CO. The molecule has 0 saturated heterocycles. The number of hydrogen-bond donors (Lipinski definition) is 5. The number of benzene rings is 2. The zero-order chi connectivity index (χ0) is 24.2. The molecule has 33 heavy (non-hydrogen) atoms. The molecule has 0 radical (unpaired) electrons. The van der Waals surface area contributed by atoms with Gasteiger partial charge >= 0.3 is 0 Å². The van der Waals surface area contributed by atoms with Crippen molar-refractivity contribution in [3.63, 3.8) is 0 Å². The number of anilines is 1. The lowest BCUT2D eigenvalue weighted by molar-refractivity contribution is -0.129. The third-order valence-corrected chi connectivity index (χ3v) is 5.14. The van der Waals surface area contributed by atoms with Crippen molar-refractivity contribution < 1.29 is 24.3 Å². The zero-order valence-electron chi connectivity index (χ0n) is 18.2. The molecule has 2 rings (SSSR count). The van der Waals surface area contributed by atoms with Crippen LogP contribution in [0.5, 0.6) is 0 Å². The largest absolute Gasteiger partial charge is 0.392 e. The molecule has 0 spiro atoms. The third kappa shape index (κ3) is 9.03. The number of hydrogen-bond acceptors (Lipinski definition) is 5. The second kappa shape index (κ2) is 13.3. The fraction of sp³-hybridized carbons (Fsp3) is 0.304. The summed E-state index contributed by atoms with van der Waals surface area (Å²) in [6.07, 6.45) is 0.696. The Labute approximate surface area is 200 Å². The highest BCUT2D eigenvalue weighted by molar-refractivity contribution is 9.09. The van der Waals surface area contributed by atoms with E-state index in [1.165, 1.54) is 6.92 Å². The maximum Gasteiger partial charge on any atom is 0.243 e. The summed E-state index contributed by atoms with van der Waals surface area (Å²) in [6, 6.07) is 14.4. The van der Waals surface area contributed by atoms with Gasteiger partial charge in [-0.3, -0.25) is 19.2 Å². The Kier molecular flexibility index (Phi) is 10.5. The highest BCUT2D eigenvalue weighted by Gasteiger charge is 2.17. The van der Waals surface area contributed by atoms with Gasteiger partial charge in [0.15, 0.2) is 0 Å². The van der Waals surface area contributed by atoms with Gasteiger partial charge in [0.25, 0.3) is 0 Å². The van der Waals surface area contributed by atoms with Crippen LogP contribution in [0.15, 0.2) is 48.5 Å². The van der Waals surface area contributed by atoms with Crippen LogP contribution < -0.4 is 21.3 Å². The Bertz CT molecular complexity index is 984. The van der Waals surface area contributed by atoms with Gasteiger partial charge in [0.2, 0.25) is 23.6 Å². The maximum absolute atomic E-state index is 12.3. The first kappa shape index (κ1) is 26.0. The second-order valence-corrected chi connectivity index (χ2v) is 7.84. The fourth-order valence-electron chi connectivity index (χ4n) is 2.94. The summed E-state index contributed by atoms with van der Waals surface area (Å²) in [4.78, 5) is 47.3. The first-order valence-electron chi connectivity index (χ1n) is 10.3. The van der Waals surface area contributed by atoms with Crippen molar-refractivity contribution in [3.8, 4) is 0 Å². The number of carbonyl (C=O) groups excluding carboxylic acids is 4. The molecule has 0 aromatic heterocycles. The Hall–Kier alpha value is -3.24. The standard InChI is InChI=1S/C23H27BrN4O5/c1-15(27-21(31)12-25-20(30)11-24)23(33)26-13-22(32)28-19-8-7-17(10-18(19)14-29)9-16-5-3-2-4-6-16/h2-8,10,15,29H,9,11-14H2,1H3,(H,25,30)(H,26,33)(H,27,31)(H,28,32). The van der Waals surface area contributed by atoms with Crippen LogP contribution in [0.2, 0.25) is 0 Å². The third-order valence-electron chi connectivity index (χ3n) is 4.63. The predicted molar refractivity (Wildman–Crippen MR) is 128 cm³/mol. The summed E-state index contributed by atoms with van der Waals surface area (Å²) >= 11 is 2.96. The summed E-state index contributed by atoms with van der Waals surface area (Å²) in [5, 5.41) is 19.7. The average molecular weight is 519 g/mol. The molecule has 9 nitrogen and oxygen atoms in total. The molecule has 1 atom stereocenters. The van der Waals surface area contributed by atoms with Crippen molar-refractivity contribution in [2.45, 2.75) is 26.0 Å². The van der Waals surface area contributed by atoms with Gasteiger partial charge in [0.05, 0.1) is 25.0 Å². The number of alkyl halides is 1. The van der Waals surface area contributed by atoms with Gasteiger partial charge in [-0.25, -0.2) is 0 Å². The summed E-state index contributed by atoms with van der Waals surface area (Å²) in [5.74, 6) is -1.91. The quantitative estimate of drug-likeness (QED) is 0.281. The molecule has 0 bridgehead atoms. The molecule has 2 aromatic rings. The van der Waals surface area contributed by atoms with E-state index >= 15 is 0 Å². The van der Waals surface area contributed by atoms with Gasteiger partial charge in [-0.2, -0.15) is 0 Å². The zero-order valence-corrected chi connectivity index (χ0v) is 19.8. The fourth-order valence-corrected chi connectivity index (χ4v) is 3.14. The molecule has 2 aromatic carbocycles. The predicted octanol–water partition coefficient (Wildman–Crippen LogP) is 0.840. The highest BCUT2D eigenvalue weighted by Crippen LogP contribution is 2.20. The number of amides is 4. The number of rotatable bonds is 11. The lowest BCUT2D eigenvalue weighted by atomic mass is 10.0. The molecule has 0 aliphatic carbocycles. The van der Waals surface area contributed by atoms with Gasteiger partial charge in [0, 0.05) is 11.3 Å². The van der Waals surface area contributed by atoms with Crippen LogP contribution >= 0.6 is 15.9 Å². The van der Waals surface area contributed by atoms with Crippen LogP contribution in [0.4, 0.5) is 5.69 Å². The van der Waals surface area contributed by atoms with Crippen LogP contribution in [0.3, 0.4) is 0 Å². The summed E-state index contributed by atoms with van der Waals surface area (Å²) in [6.45, 7) is 0.648. The van der Waals surface area contributed by atoms with Gasteiger partial charge in [-0.05, 0) is 30.5 Å². The maximum atomic E-state index is 12.3. The van der Waals surface area contributed by atoms with E-state index in [9.17, 15) is 24.3 Å². The van der Waals surface area contributed by atoms with Crippen molar-refractivity contribution in [3.05, 3.63) is 65.2 Å². The molecule has 1 unspecified atom stereocenters. The molecule has 0 heterocycles.